The summed E-state index contributed by atoms with van der Waals surface area (Å²) in [6, 6.07) is 8.39. The molecule has 1 aliphatic rings. The van der Waals surface area contributed by atoms with Crippen molar-refractivity contribution in [3.05, 3.63) is 35.4 Å². The van der Waals surface area contributed by atoms with Crippen LogP contribution in [0, 0.1) is 12.8 Å². The summed E-state index contributed by atoms with van der Waals surface area (Å²) in [4.78, 5) is 11.0. The topological polar surface area (TPSA) is 69.6 Å². The average Bonchev–Trinajstić information content (AvgIpc) is 2.46. The van der Waals surface area contributed by atoms with E-state index < -0.39 is 11.6 Å². The van der Waals surface area contributed by atoms with E-state index in [1.54, 1.807) is 0 Å². The number of hydrogen-bond donors (Lipinski definition) is 3. The van der Waals surface area contributed by atoms with Gasteiger partial charge in [-0.15, -0.1) is 0 Å². The number of hydrogen-bond acceptors (Lipinski definition) is 3. The summed E-state index contributed by atoms with van der Waals surface area (Å²) in [5.41, 5.74) is 1.70. The SMILES string of the molecule is Cc1ccccc1C(C)NCC1(O)CCC(C(=O)O)CC1. The van der Waals surface area contributed by atoms with Gasteiger partial charge in [0.1, 0.15) is 0 Å². The van der Waals surface area contributed by atoms with Gasteiger partial charge in [0.2, 0.25) is 0 Å². The van der Waals surface area contributed by atoms with Gasteiger partial charge in [-0.2, -0.15) is 0 Å². The molecule has 21 heavy (non-hydrogen) atoms. The van der Waals surface area contributed by atoms with E-state index in [0.29, 0.717) is 32.2 Å². The molecule has 116 valence electrons. The van der Waals surface area contributed by atoms with E-state index in [1.165, 1.54) is 11.1 Å². The summed E-state index contributed by atoms with van der Waals surface area (Å²) < 4.78 is 0. The zero-order chi connectivity index (χ0) is 15.5. The average molecular weight is 291 g/mol. The van der Waals surface area contributed by atoms with Crippen LogP contribution in [0.1, 0.15) is 49.8 Å². The molecule has 0 aliphatic heterocycles. The molecule has 1 aromatic carbocycles. The Labute approximate surface area is 126 Å². The fourth-order valence-electron chi connectivity index (χ4n) is 3.10. The van der Waals surface area contributed by atoms with Gasteiger partial charge in [0.25, 0.3) is 0 Å². The van der Waals surface area contributed by atoms with Crippen LogP contribution in [0.5, 0.6) is 0 Å². The summed E-state index contributed by atoms with van der Waals surface area (Å²) in [6.07, 6.45) is 2.23. The molecular formula is C17H25NO3. The molecule has 0 heterocycles. The van der Waals surface area contributed by atoms with Crippen molar-refractivity contribution in [3.8, 4) is 0 Å². The maximum atomic E-state index is 11.0. The molecule has 0 aromatic heterocycles. The highest BCUT2D eigenvalue weighted by Crippen LogP contribution is 2.32. The van der Waals surface area contributed by atoms with Gasteiger partial charge in [0.05, 0.1) is 11.5 Å². The number of carboxylic acid groups (broad SMARTS) is 1. The molecule has 1 fully saturated rings. The summed E-state index contributed by atoms with van der Waals surface area (Å²) in [7, 11) is 0. The summed E-state index contributed by atoms with van der Waals surface area (Å²) in [5, 5.41) is 23.0. The van der Waals surface area contributed by atoms with Gasteiger partial charge in [-0.25, -0.2) is 0 Å². The number of carbonyl (C=O) groups is 1. The lowest BCUT2D eigenvalue weighted by Gasteiger charge is -2.35. The Morgan fingerprint density at radius 2 is 2.00 bits per heavy atom. The standard InChI is InChI=1S/C17H25NO3/c1-12-5-3-4-6-15(12)13(2)18-11-17(21)9-7-14(8-10-17)16(19)20/h3-6,13-14,18,21H,7-11H2,1-2H3,(H,19,20). The Morgan fingerprint density at radius 1 is 1.38 bits per heavy atom. The highest BCUT2D eigenvalue weighted by molar-refractivity contribution is 5.70. The van der Waals surface area contributed by atoms with Gasteiger partial charge in [0.15, 0.2) is 0 Å². The molecule has 0 amide bonds. The molecule has 4 nitrogen and oxygen atoms in total. The minimum absolute atomic E-state index is 0.174. The zero-order valence-corrected chi connectivity index (χ0v) is 12.8. The predicted octanol–water partition coefficient (Wildman–Crippen LogP) is 2.65. The second kappa shape index (κ2) is 6.58. The normalized spacial score (nSPS) is 27.3. The van der Waals surface area contributed by atoms with Crippen molar-refractivity contribution < 1.29 is 15.0 Å². The van der Waals surface area contributed by atoms with Crippen LogP contribution >= 0.6 is 0 Å². The monoisotopic (exact) mass is 291 g/mol. The van der Waals surface area contributed by atoms with E-state index in [2.05, 4.69) is 31.3 Å². The Kier molecular flexibility index (Phi) is 5.01. The maximum Gasteiger partial charge on any atom is 0.306 e. The molecule has 0 spiro atoms. The molecule has 1 unspecified atom stereocenters. The lowest BCUT2D eigenvalue weighted by Crippen LogP contribution is -2.45. The van der Waals surface area contributed by atoms with Gasteiger partial charge in [-0.1, -0.05) is 24.3 Å². The van der Waals surface area contributed by atoms with Crippen LogP contribution in [0.25, 0.3) is 0 Å². The minimum atomic E-state index is -0.775. The second-order valence-corrected chi connectivity index (χ2v) is 6.30. The van der Waals surface area contributed by atoms with Crippen LogP contribution in [0.4, 0.5) is 0 Å². The van der Waals surface area contributed by atoms with Crippen molar-refractivity contribution in [2.45, 2.75) is 51.2 Å². The van der Waals surface area contributed by atoms with Crippen molar-refractivity contribution in [2.24, 2.45) is 5.92 Å². The van der Waals surface area contributed by atoms with Crippen molar-refractivity contribution in [1.82, 2.24) is 5.32 Å². The summed E-state index contributed by atoms with van der Waals surface area (Å²) in [6.45, 7) is 4.68. The third-order valence-electron chi connectivity index (χ3n) is 4.66. The first-order valence-electron chi connectivity index (χ1n) is 7.65. The van der Waals surface area contributed by atoms with Crippen LogP contribution in [-0.2, 0) is 4.79 Å². The van der Waals surface area contributed by atoms with Crippen molar-refractivity contribution in [3.63, 3.8) is 0 Å². The molecule has 1 aliphatic carbocycles. The van der Waals surface area contributed by atoms with Crippen LogP contribution in [0.2, 0.25) is 0 Å². The Morgan fingerprint density at radius 3 is 2.57 bits per heavy atom. The number of nitrogens with one attached hydrogen (secondary N) is 1. The van der Waals surface area contributed by atoms with E-state index in [1.807, 2.05) is 12.1 Å². The molecule has 1 aromatic rings. The van der Waals surface area contributed by atoms with Gasteiger partial charge in [0, 0.05) is 12.6 Å². The van der Waals surface area contributed by atoms with E-state index in [9.17, 15) is 9.90 Å². The molecule has 2 rings (SSSR count). The third kappa shape index (κ3) is 4.05. The highest BCUT2D eigenvalue weighted by Gasteiger charge is 2.35. The van der Waals surface area contributed by atoms with E-state index in [0.717, 1.165) is 0 Å². The molecule has 1 atom stereocenters. The van der Waals surface area contributed by atoms with Gasteiger partial charge >= 0.3 is 5.97 Å². The molecule has 4 heteroatoms. The first-order valence-corrected chi connectivity index (χ1v) is 7.65. The van der Waals surface area contributed by atoms with Crippen molar-refractivity contribution >= 4 is 5.97 Å². The zero-order valence-electron chi connectivity index (χ0n) is 12.8. The Hall–Kier alpha value is -1.39. The van der Waals surface area contributed by atoms with Crippen LogP contribution in [-0.4, -0.2) is 28.3 Å². The predicted molar refractivity (Wildman–Crippen MR) is 82.1 cm³/mol. The quantitative estimate of drug-likeness (QED) is 0.780. The van der Waals surface area contributed by atoms with Crippen LogP contribution in [0.3, 0.4) is 0 Å². The number of aliphatic hydroxyl groups is 1. The lowest BCUT2D eigenvalue weighted by molar-refractivity contribution is -0.144. The number of aryl methyl sites for hydroxylation is 1. The Balaban J connectivity index is 1.88. The Bertz CT molecular complexity index is 493. The molecule has 3 N–H and O–H groups in total. The van der Waals surface area contributed by atoms with Crippen LogP contribution in [0.15, 0.2) is 24.3 Å². The van der Waals surface area contributed by atoms with Gasteiger partial charge in [-0.05, 0) is 50.7 Å². The van der Waals surface area contributed by atoms with Crippen LogP contribution < -0.4 is 5.32 Å². The molecule has 0 saturated heterocycles. The maximum absolute atomic E-state index is 11.0. The number of benzene rings is 1. The number of aliphatic carboxylic acids is 1. The highest BCUT2D eigenvalue weighted by atomic mass is 16.4. The largest absolute Gasteiger partial charge is 0.481 e. The smallest absolute Gasteiger partial charge is 0.306 e. The molecule has 1 saturated carbocycles. The molecule has 0 radical (unpaired) electrons. The van der Waals surface area contributed by atoms with E-state index >= 15 is 0 Å². The first-order chi connectivity index (χ1) is 9.91. The summed E-state index contributed by atoms with van der Waals surface area (Å²) >= 11 is 0. The van der Waals surface area contributed by atoms with E-state index in [4.69, 9.17) is 5.11 Å². The number of carboxylic acids is 1. The first kappa shape index (κ1) is 16.0. The summed E-state index contributed by atoms with van der Waals surface area (Å²) in [5.74, 6) is -1.03. The van der Waals surface area contributed by atoms with Gasteiger partial charge < -0.3 is 15.5 Å². The van der Waals surface area contributed by atoms with Crippen molar-refractivity contribution in [2.75, 3.05) is 6.54 Å². The third-order valence-corrected chi connectivity index (χ3v) is 4.66. The molecular weight excluding hydrogens is 266 g/mol. The second-order valence-electron chi connectivity index (χ2n) is 6.30. The molecule has 0 bridgehead atoms. The van der Waals surface area contributed by atoms with Gasteiger partial charge in [-0.3, -0.25) is 4.79 Å². The fraction of sp³-hybridized carbons (Fsp3) is 0.588. The van der Waals surface area contributed by atoms with E-state index in [-0.39, 0.29) is 12.0 Å². The van der Waals surface area contributed by atoms with Crippen molar-refractivity contribution in [1.29, 1.82) is 0 Å². The lowest BCUT2D eigenvalue weighted by atomic mass is 9.78. The minimum Gasteiger partial charge on any atom is -0.481 e. The fourth-order valence-corrected chi connectivity index (χ4v) is 3.10. The number of rotatable bonds is 5.